The van der Waals surface area contributed by atoms with Crippen LogP contribution in [-0.4, -0.2) is 34.6 Å². The van der Waals surface area contributed by atoms with Gasteiger partial charge in [0.05, 0.1) is 5.69 Å². The molecule has 1 aromatic carbocycles. The Balaban J connectivity index is 1.71. The monoisotopic (exact) mass is 287 g/mol. The van der Waals surface area contributed by atoms with Crippen LogP contribution in [0.15, 0.2) is 36.5 Å². The van der Waals surface area contributed by atoms with Crippen molar-refractivity contribution in [2.45, 2.75) is 26.5 Å². The van der Waals surface area contributed by atoms with Crippen molar-refractivity contribution in [3.8, 4) is 5.75 Å². The van der Waals surface area contributed by atoms with Crippen molar-refractivity contribution >= 4 is 0 Å². The minimum absolute atomic E-state index is 0.260. The van der Waals surface area contributed by atoms with Gasteiger partial charge in [-0.05, 0) is 49.2 Å². The summed E-state index contributed by atoms with van der Waals surface area (Å²) in [6, 6.07) is 9.74. The van der Waals surface area contributed by atoms with Gasteiger partial charge in [-0.2, -0.15) is 10.2 Å². The summed E-state index contributed by atoms with van der Waals surface area (Å²) >= 11 is 0. The average molecular weight is 287 g/mol. The summed E-state index contributed by atoms with van der Waals surface area (Å²) in [7, 11) is 0. The number of aliphatic hydroxyl groups excluding tert-OH is 1. The van der Waals surface area contributed by atoms with Gasteiger partial charge in [-0.15, -0.1) is 0 Å². The molecule has 5 nitrogen and oxygen atoms in total. The minimum atomic E-state index is -0.567. The van der Waals surface area contributed by atoms with Crippen molar-refractivity contribution in [2.75, 3.05) is 13.2 Å². The largest absolute Gasteiger partial charge is 0.491 e. The second kappa shape index (κ2) is 7.71. The molecule has 2 N–H and O–H groups in total. The van der Waals surface area contributed by atoms with Gasteiger partial charge in [-0.1, -0.05) is 6.07 Å². The maximum atomic E-state index is 9.90. The molecule has 0 aliphatic rings. The first-order valence-electron chi connectivity index (χ1n) is 7.00. The number of aryl methyl sites for hydroxylation is 2. The number of nitrogens with one attached hydrogen (secondary N) is 1. The fraction of sp³-hybridized carbons (Fsp3) is 0.375. The van der Waals surface area contributed by atoms with Gasteiger partial charge in [0.2, 0.25) is 0 Å². The highest BCUT2D eigenvalue weighted by Gasteiger charge is 2.06. The van der Waals surface area contributed by atoms with Gasteiger partial charge in [0.15, 0.2) is 0 Å². The Labute approximate surface area is 125 Å². The summed E-state index contributed by atoms with van der Waals surface area (Å²) in [5, 5.41) is 20.8. The van der Waals surface area contributed by atoms with Gasteiger partial charge < -0.3 is 15.2 Å². The molecule has 1 unspecified atom stereocenters. The third-order valence-electron chi connectivity index (χ3n) is 2.95. The first kappa shape index (κ1) is 15.4. The first-order valence-corrected chi connectivity index (χ1v) is 7.00. The molecule has 0 saturated heterocycles. The molecule has 2 rings (SSSR count). The van der Waals surface area contributed by atoms with E-state index in [0.29, 0.717) is 13.1 Å². The third-order valence-corrected chi connectivity index (χ3v) is 2.95. The van der Waals surface area contributed by atoms with Gasteiger partial charge in [-0.3, -0.25) is 0 Å². The van der Waals surface area contributed by atoms with Crippen LogP contribution in [0.25, 0.3) is 0 Å². The third kappa shape index (κ3) is 5.49. The molecule has 21 heavy (non-hydrogen) atoms. The second-order valence-electron chi connectivity index (χ2n) is 5.13. The molecule has 1 atom stereocenters. The fourth-order valence-corrected chi connectivity index (χ4v) is 2.06. The highest BCUT2D eigenvalue weighted by Crippen LogP contribution is 2.16. The zero-order valence-corrected chi connectivity index (χ0v) is 12.4. The van der Waals surface area contributed by atoms with Gasteiger partial charge in [-0.25, -0.2) is 0 Å². The van der Waals surface area contributed by atoms with Crippen LogP contribution in [-0.2, 0) is 6.54 Å². The number of hydrogen-bond acceptors (Lipinski definition) is 5. The van der Waals surface area contributed by atoms with Crippen LogP contribution < -0.4 is 10.1 Å². The molecular formula is C16H21N3O2. The molecule has 1 aromatic heterocycles. The van der Waals surface area contributed by atoms with E-state index in [4.69, 9.17) is 4.74 Å². The molecule has 2 aromatic rings. The lowest BCUT2D eigenvalue weighted by Crippen LogP contribution is -2.31. The Morgan fingerprint density at radius 2 is 2.00 bits per heavy atom. The molecule has 0 bridgehead atoms. The Hall–Kier alpha value is -1.98. The number of hydrogen-bond donors (Lipinski definition) is 2. The van der Waals surface area contributed by atoms with Crippen molar-refractivity contribution in [1.29, 1.82) is 0 Å². The Bertz CT molecular complexity index is 540. The molecule has 5 heteroatoms. The summed E-state index contributed by atoms with van der Waals surface area (Å²) in [4.78, 5) is 0. The summed E-state index contributed by atoms with van der Waals surface area (Å²) in [5.41, 5.74) is 3.15. The Kier molecular flexibility index (Phi) is 5.66. The van der Waals surface area contributed by atoms with Crippen LogP contribution in [0.3, 0.4) is 0 Å². The van der Waals surface area contributed by atoms with Crippen LogP contribution in [0, 0.1) is 13.8 Å². The number of ether oxygens (including phenoxy) is 1. The molecule has 0 aliphatic carbocycles. The van der Waals surface area contributed by atoms with E-state index in [-0.39, 0.29) is 6.61 Å². The summed E-state index contributed by atoms with van der Waals surface area (Å²) < 4.78 is 5.61. The molecule has 1 heterocycles. The highest BCUT2D eigenvalue weighted by molar-refractivity contribution is 5.32. The zero-order valence-electron chi connectivity index (χ0n) is 12.4. The maximum Gasteiger partial charge on any atom is 0.119 e. The van der Waals surface area contributed by atoms with Crippen molar-refractivity contribution in [2.24, 2.45) is 0 Å². The first-order chi connectivity index (χ1) is 10.1. The normalized spacial score (nSPS) is 12.1. The SMILES string of the molecule is Cc1cc(C)cc(OCC(O)CNCc2cccnn2)c1. The molecule has 112 valence electrons. The van der Waals surface area contributed by atoms with E-state index in [9.17, 15) is 5.11 Å². The van der Waals surface area contributed by atoms with Gasteiger partial charge in [0, 0.05) is 19.3 Å². The van der Waals surface area contributed by atoms with E-state index in [1.54, 1.807) is 6.20 Å². The van der Waals surface area contributed by atoms with Crippen molar-refractivity contribution in [3.63, 3.8) is 0 Å². The predicted octanol–water partition coefficient (Wildman–Crippen LogP) is 1.62. The predicted molar refractivity (Wildman–Crippen MR) is 81.2 cm³/mol. The molecule has 0 amide bonds. The summed E-state index contributed by atoms with van der Waals surface area (Å²) in [6.07, 6.45) is 1.07. The number of benzene rings is 1. The molecular weight excluding hydrogens is 266 g/mol. The minimum Gasteiger partial charge on any atom is -0.491 e. The van der Waals surface area contributed by atoms with Crippen LogP contribution >= 0.6 is 0 Å². The Morgan fingerprint density at radius 1 is 1.24 bits per heavy atom. The highest BCUT2D eigenvalue weighted by atomic mass is 16.5. The standard InChI is InChI=1S/C16H21N3O2/c1-12-6-13(2)8-16(7-12)21-11-15(20)10-17-9-14-4-3-5-18-19-14/h3-8,15,17,20H,9-11H2,1-2H3. The van der Waals surface area contributed by atoms with E-state index < -0.39 is 6.10 Å². The van der Waals surface area contributed by atoms with Gasteiger partial charge >= 0.3 is 0 Å². The lowest BCUT2D eigenvalue weighted by Gasteiger charge is -2.14. The topological polar surface area (TPSA) is 67.3 Å². The lowest BCUT2D eigenvalue weighted by atomic mass is 10.1. The number of rotatable bonds is 7. The molecule has 0 radical (unpaired) electrons. The smallest absolute Gasteiger partial charge is 0.119 e. The molecule has 0 saturated carbocycles. The summed E-state index contributed by atoms with van der Waals surface area (Å²) in [6.45, 7) is 5.34. The van der Waals surface area contributed by atoms with Gasteiger partial charge in [0.25, 0.3) is 0 Å². The van der Waals surface area contributed by atoms with Crippen molar-refractivity contribution < 1.29 is 9.84 Å². The van der Waals surface area contributed by atoms with Crippen LogP contribution in [0.5, 0.6) is 5.75 Å². The maximum absolute atomic E-state index is 9.90. The fourth-order valence-electron chi connectivity index (χ4n) is 2.06. The molecule has 0 spiro atoms. The number of aliphatic hydroxyl groups is 1. The van der Waals surface area contributed by atoms with Crippen LogP contribution in [0.2, 0.25) is 0 Å². The van der Waals surface area contributed by atoms with E-state index >= 15 is 0 Å². The Morgan fingerprint density at radius 3 is 2.67 bits per heavy atom. The quantitative estimate of drug-likeness (QED) is 0.810. The second-order valence-corrected chi connectivity index (χ2v) is 5.13. The van der Waals surface area contributed by atoms with Crippen molar-refractivity contribution in [1.82, 2.24) is 15.5 Å². The molecule has 0 fully saturated rings. The van der Waals surface area contributed by atoms with E-state index in [1.807, 2.05) is 38.1 Å². The zero-order chi connectivity index (χ0) is 15.1. The molecule has 0 aliphatic heterocycles. The van der Waals surface area contributed by atoms with E-state index in [1.165, 1.54) is 0 Å². The van der Waals surface area contributed by atoms with Crippen LogP contribution in [0.1, 0.15) is 16.8 Å². The summed E-state index contributed by atoms with van der Waals surface area (Å²) in [5.74, 6) is 0.792. The van der Waals surface area contributed by atoms with E-state index in [2.05, 4.69) is 21.6 Å². The van der Waals surface area contributed by atoms with E-state index in [0.717, 1.165) is 22.6 Å². The number of aromatic nitrogens is 2. The van der Waals surface area contributed by atoms with Crippen LogP contribution in [0.4, 0.5) is 0 Å². The average Bonchev–Trinajstić information content (AvgIpc) is 2.45. The lowest BCUT2D eigenvalue weighted by molar-refractivity contribution is 0.106. The number of nitrogens with zero attached hydrogens (tertiary/aromatic N) is 2. The van der Waals surface area contributed by atoms with Crippen molar-refractivity contribution in [3.05, 3.63) is 53.3 Å². The van der Waals surface area contributed by atoms with Gasteiger partial charge in [0.1, 0.15) is 18.5 Å².